The molecule has 0 aliphatic carbocycles. The number of ketones is 1. The molecule has 7 aliphatic rings. The molecule has 0 saturated carbocycles. The fourth-order valence-electron chi connectivity index (χ4n) is 12.6. The smallest absolute Gasteiger partial charge is 0.250 e. The molecule has 3 spiro atoms. The first-order valence-electron chi connectivity index (χ1n) is 19.9. The number of nitrogens with one attached hydrogen (secondary N) is 2. The summed E-state index contributed by atoms with van der Waals surface area (Å²) in [4.78, 5) is 68.2. The van der Waals surface area contributed by atoms with E-state index in [9.17, 15) is 4.79 Å². The number of benzene rings is 4. The van der Waals surface area contributed by atoms with Gasteiger partial charge in [0.05, 0.1) is 11.3 Å². The number of hydrogen-bond acceptors (Lipinski definition) is 6. The van der Waals surface area contributed by atoms with E-state index in [1.165, 1.54) is 0 Å². The number of likely N-dealkylation sites (tertiary alicyclic amines) is 1. The van der Waals surface area contributed by atoms with Crippen LogP contribution >= 0.6 is 0 Å². The summed E-state index contributed by atoms with van der Waals surface area (Å²) in [5, 5.41) is 6.40. The monoisotopic (exact) mass is 729 g/mol. The Hall–Kier alpha value is -5.38. The number of carbonyl (C=O) groups excluding carboxylic acids is 4. The molecule has 7 atom stereocenters. The standard InChI is InChI=1S/C46H43N5O4/c52-40-31(25-29-13-3-1-4-14-29)27-49(41(53)35-26-32-17-11-23-50(32)45(35)33-18-7-9-20-36(33)47-42(45)54)28-44(40)39(30-15-5-2-6-16-30)38-22-12-24-51(38)46(44)34-19-8-10-21-37(34)48-43(46)55/h1-10,13-16,18-21,25,32,35,38-39H,11-12,17,22-24,26-28H2,(H,47,54)(H,48,55)/b31-25+/t32-,35-,38-,39-,44-,45+,46?/m1/s1. The lowest BCUT2D eigenvalue weighted by molar-refractivity contribution is -0.155. The van der Waals surface area contributed by atoms with Crippen LogP contribution in [0.4, 0.5) is 11.4 Å². The highest BCUT2D eigenvalue weighted by Gasteiger charge is 2.79. The molecule has 3 amide bonds. The average molecular weight is 730 g/mol. The highest BCUT2D eigenvalue weighted by molar-refractivity contribution is 6.17. The van der Waals surface area contributed by atoms with Gasteiger partial charge in [0.25, 0.3) is 5.91 Å². The summed E-state index contributed by atoms with van der Waals surface area (Å²) in [5.74, 6) is -1.62. The van der Waals surface area contributed by atoms with Crippen molar-refractivity contribution < 1.29 is 19.2 Å². The first-order valence-corrected chi connectivity index (χ1v) is 19.9. The number of fused-ring (bicyclic) bond motifs is 9. The van der Waals surface area contributed by atoms with Gasteiger partial charge in [0.15, 0.2) is 5.78 Å². The molecular formula is C46H43N5O4. The Labute approximate surface area is 320 Å². The summed E-state index contributed by atoms with van der Waals surface area (Å²) in [5.41, 5.74) is 1.62. The van der Waals surface area contributed by atoms with Gasteiger partial charge in [-0.05, 0) is 74.5 Å². The number of amides is 3. The number of para-hydroxylation sites is 2. The molecule has 11 rings (SSSR count). The molecule has 4 aromatic carbocycles. The van der Waals surface area contributed by atoms with Gasteiger partial charge in [-0.15, -0.1) is 0 Å². The van der Waals surface area contributed by atoms with E-state index in [4.69, 9.17) is 0 Å². The number of rotatable bonds is 3. The summed E-state index contributed by atoms with van der Waals surface area (Å²) in [6.45, 7) is 1.56. The second-order valence-electron chi connectivity index (χ2n) is 16.6. The zero-order chi connectivity index (χ0) is 37.1. The molecule has 9 heteroatoms. The zero-order valence-electron chi connectivity index (χ0n) is 30.6. The van der Waals surface area contributed by atoms with Gasteiger partial charge in [-0.3, -0.25) is 29.0 Å². The normalized spacial score (nSPS) is 34.1. The van der Waals surface area contributed by atoms with E-state index in [1.54, 1.807) is 0 Å². The molecule has 5 fully saturated rings. The predicted molar refractivity (Wildman–Crippen MR) is 209 cm³/mol. The van der Waals surface area contributed by atoms with Crippen LogP contribution < -0.4 is 10.6 Å². The van der Waals surface area contributed by atoms with Crippen molar-refractivity contribution in [2.24, 2.45) is 11.3 Å². The maximum Gasteiger partial charge on any atom is 0.250 e. The molecule has 7 heterocycles. The maximum absolute atomic E-state index is 16.1. The van der Waals surface area contributed by atoms with Gasteiger partial charge < -0.3 is 15.5 Å². The maximum atomic E-state index is 16.1. The van der Waals surface area contributed by atoms with E-state index in [0.29, 0.717) is 24.2 Å². The Morgan fingerprint density at radius 3 is 2.13 bits per heavy atom. The van der Waals surface area contributed by atoms with Crippen LogP contribution in [0.5, 0.6) is 0 Å². The van der Waals surface area contributed by atoms with Gasteiger partial charge >= 0.3 is 0 Å². The lowest BCUT2D eigenvalue weighted by Crippen LogP contribution is -2.67. The van der Waals surface area contributed by atoms with Crippen LogP contribution in [-0.2, 0) is 30.3 Å². The van der Waals surface area contributed by atoms with Crippen LogP contribution in [0.2, 0.25) is 0 Å². The van der Waals surface area contributed by atoms with Crippen LogP contribution in [0.1, 0.15) is 60.3 Å². The third kappa shape index (κ3) is 4.10. The lowest BCUT2D eigenvalue weighted by atomic mass is 9.55. The molecule has 9 nitrogen and oxygen atoms in total. The second kappa shape index (κ2) is 11.8. The molecule has 55 heavy (non-hydrogen) atoms. The van der Waals surface area contributed by atoms with Crippen LogP contribution in [0, 0.1) is 11.3 Å². The molecule has 7 aliphatic heterocycles. The number of carbonyl (C=O) groups is 4. The van der Waals surface area contributed by atoms with Gasteiger partial charge in [0.2, 0.25) is 11.8 Å². The summed E-state index contributed by atoms with van der Waals surface area (Å²) in [6.07, 6.45) is 6.12. The van der Waals surface area contributed by atoms with Gasteiger partial charge in [0.1, 0.15) is 11.1 Å². The Morgan fingerprint density at radius 1 is 0.709 bits per heavy atom. The minimum Gasteiger partial charge on any atom is -0.337 e. The highest BCUT2D eigenvalue weighted by Crippen LogP contribution is 2.69. The summed E-state index contributed by atoms with van der Waals surface area (Å²) < 4.78 is 0. The summed E-state index contributed by atoms with van der Waals surface area (Å²) in [7, 11) is 0. The third-order valence-electron chi connectivity index (χ3n) is 14.4. The SMILES string of the molecule is O=C([C@H]1C[C@H]2CCCN2[C@]12C(=O)Nc1ccccc12)N1C/C(=C\c2ccccc2)C(=O)[C@@]2(C1)[C@H](c1ccccc1)[C@H]1CCCN1C21C(=O)Nc2ccccc21. The Bertz CT molecular complexity index is 2330. The van der Waals surface area contributed by atoms with E-state index in [0.717, 1.165) is 60.2 Å². The topological polar surface area (TPSA) is 102 Å². The van der Waals surface area contributed by atoms with Crippen LogP contribution in [0.3, 0.4) is 0 Å². The van der Waals surface area contributed by atoms with Crippen LogP contribution in [0.15, 0.2) is 115 Å². The minimum absolute atomic E-state index is 0.0611. The first-order chi connectivity index (χ1) is 26.9. The van der Waals surface area contributed by atoms with Crippen LogP contribution in [-0.4, -0.2) is 76.5 Å². The van der Waals surface area contributed by atoms with Crippen molar-refractivity contribution >= 4 is 41.0 Å². The van der Waals surface area contributed by atoms with Gasteiger partial charge in [-0.1, -0.05) is 97.1 Å². The predicted octanol–water partition coefficient (Wildman–Crippen LogP) is 5.91. The van der Waals surface area contributed by atoms with Crippen molar-refractivity contribution in [1.82, 2.24) is 14.7 Å². The van der Waals surface area contributed by atoms with Crippen molar-refractivity contribution in [3.63, 3.8) is 0 Å². The fraction of sp³-hybridized carbons (Fsp3) is 0.348. The van der Waals surface area contributed by atoms with Crippen molar-refractivity contribution in [1.29, 1.82) is 0 Å². The Kier molecular flexibility index (Phi) is 7.09. The van der Waals surface area contributed by atoms with Crippen molar-refractivity contribution in [3.05, 3.63) is 137 Å². The van der Waals surface area contributed by atoms with Gasteiger partial charge in [-0.2, -0.15) is 0 Å². The van der Waals surface area contributed by atoms with E-state index in [2.05, 4.69) is 32.6 Å². The van der Waals surface area contributed by atoms with E-state index < -0.39 is 22.4 Å². The molecule has 0 aromatic heterocycles. The van der Waals surface area contributed by atoms with Gasteiger partial charge in [-0.25, -0.2) is 0 Å². The number of anilines is 2. The molecule has 2 N–H and O–H groups in total. The molecular weight excluding hydrogens is 687 g/mol. The quantitative estimate of drug-likeness (QED) is 0.255. The molecule has 0 bridgehead atoms. The Balaban J connectivity index is 1.15. The molecule has 5 saturated heterocycles. The van der Waals surface area contributed by atoms with Crippen LogP contribution in [0.25, 0.3) is 6.08 Å². The Morgan fingerprint density at radius 2 is 1.35 bits per heavy atom. The minimum atomic E-state index is -1.37. The number of Topliss-reactive ketones (excluding diaryl/α,β-unsaturated/α-hetero) is 1. The third-order valence-corrected chi connectivity index (χ3v) is 14.4. The second-order valence-corrected chi connectivity index (χ2v) is 16.6. The van der Waals surface area contributed by atoms with Crippen molar-refractivity contribution in [2.45, 2.75) is 61.2 Å². The van der Waals surface area contributed by atoms with E-state index in [1.807, 2.05) is 108 Å². The number of piperidine rings is 1. The molecule has 0 radical (unpaired) electrons. The summed E-state index contributed by atoms with van der Waals surface area (Å²) in [6, 6.07) is 35.6. The van der Waals surface area contributed by atoms with Gasteiger partial charge in [0, 0.05) is 59.2 Å². The number of nitrogens with zero attached hydrogens (tertiary/aromatic N) is 3. The lowest BCUT2D eigenvalue weighted by Gasteiger charge is -2.52. The first kappa shape index (κ1) is 33.0. The zero-order valence-corrected chi connectivity index (χ0v) is 30.6. The molecule has 1 unspecified atom stereocenters. The van der Waals surface area contributed by atoms with E-state index in [-0.39, 0.29) is 54.6 Å². The summed E-state index contributed by atoms with van der Waals surface area (Å²) >= 11 is 0. The molecule has 276 valence electrons. The average Bonchev–Trinajstić information content (AvgIpc) is 4.05. The highest BCUT2D eigenvalue weighted by atomic mass is 16.2. The van der Waals surface area contributed by atoms with Crippen molar-refractivity contribution in [2.75, 3.05) is 36.8 Å². The van der Waals surface area contributed by atoms with E-state index >= 15 is 14.4 Å². The fourth-order valence-corrected chi connectivity index (χ4v) is 12.6. The van der Waals surface area contributed by atoms with Crippen molar-refractivity contribution in [3.8, 4) is 0 Å². The largest absolute Gasteiger partial charge is 0.337 e. The molecule has 4 aromatic rings. The number of hydrogen-bond donors (Lipinski definition) is 2.